The fourth-order valence-electron chi connectivity index (χ4n) is 2.25. The van der Waals surface area contributed by atoms with Crippen molar-refractivity contribution in [2.75, 3.05) is 38.3 Å². The molecular formula is C14H18FN3O3. The Morgan fingerprint density at radius 1 is 1.33 bits per heavy atom. The molecule has 0 unspecified atom stereocenters. The Hall–Kier alpha value is -1.99. The lowest BCUT2D eigenvalue weighted by Crippen LogP contribution is -2.52. The Kier molecular flexibility index (Phi) is 5.24. The highest BCUT2D eigenvalue weighted by Gasteiger charge is 2.26. The number of para-hydroxylation sites is 1. The second kappa shape index (κ2) is 7.14. The van der Waals surface area contributed by atoms with Gasteiger partial charge in [-0.25, -0.2) is 4.39 Å². The van der Waals surface area contributed by atoms with E-state index in [4.69, 9.17) is 4.74 Å². The van der Waals surface area contributed by atoms with Crippen molar-refractivity contribution in [3.63, 3.8) is 0 Å². The minimum atomic E-state index is -0.441. The zero-order valence-electron chi connectivity index (χ0n) is 11.8. The number of nitrogens with zero attached hydrogens (tertiary/aromatic N) is 1. The first-order chi connectivity index (χ1) is 10.1. The van der Waals surface area contributed by atoms with Crippen LogP contribution in [0.25, 0.3) is 0 Å². The number of amides is 2. The molecule has 1 aliphatic heterocycles. The molecular weight excluding hydrogens is 277 g/mol. The number of benzene rings is 1. The standard InChI is InChI=1S/C14H18FN3O3/c1-21-6-5-16-7-10-3-2-4-11(15)14(10)18-8-12(19)17-13(20)9-18/h2-4,16H,5-9H2,1H3,(H,17,19,20). The van der Waals surface area contributed by atoms with Gasteiger partial charge in [-0.3, -0.25) is 14.9 Å². The van der Waals surface area contributed by atoms with Gasteiger partial charge in [0.1, 0.15) is 5.82 Å². The predicted molar refractivity (Wildman–Crippen MR) is 75.3 cm³/mol. The average molecular weight is 295 g/mol. The van der Waals surface area contributed by atoms with Gasteiger partial charge in [-0.2, -0.15) is 0 Å². The van der Waals surface area contributed by atoms with Crippen LogP contribution in [0, 0.1) is 5.82 Å². The van der Waals surface area contributed by atoms with Gasteiger partial charge in [-0.1, -0.05) is 12.1 Å². The lowest BCUT2D eigenvalue weighted by atomic mass is 10.1. The van der Waals surface area contributed by atoms with E-state index >= 15 is 0 Å². The van der Waals surface area contributed by atoms with Crippen LogP contribution in [0.1, 0.15) is 5.56 Å². The van der Waals surface area contributed by atoms with E-state index in [1.807, 2.05) is 0 Å². The van der Waals surface area contributed by atoms with E-state index in [1.54, 1.807) is 19.2 Å². The summed E-state index contributed by atoms with van der Waals surface area (Å²) in [6.45, 7) is 1.55. The zero-order chi connectivity index (χ0) is 15.2. The first-order valence-corrected chi connectivity index (χ1v) is 6.66. The molecule has 1 aromatic carbocycles. The van der Waals surface area contributed by atoms with E-state index in [0.29, 0.717) is 30.9 Å². The van der Waals surface area contributed by atoms with E-state index in [2.05, 4.69) is 10.6 Å². The fraction of sp³-hybridized carbons (Fsp3) is 0.429. The number of nitrogens with one attached hydrogen (secondary N) is 2. The first kappa shape index (κ1) is 15.4. The highest BCUT2D eigenvalue weighted by atomic mass is 19.1. The van der Waals surface area contributed by atoms with Crippen molar-refractivity contribution < 1.29 is 18.7 Å². The molecule has 0 aromatic heterocycles. The van der Waals surface area contributed by atoms with Crippen molar-refractivity contribution in [2.24, 2.45) is 0 Å². The Morgan fingerprint density at radius 2 is 2.05 bits per heavy atom. The summed E-state index contributed by atoms with van der Waals surface area (Å²) in [4.78, 5) is 24.4. The van der Waals surface area contributed by atoms with Gasteiger partial charge in [0.15, 0.2) is 0 Å². The minimum Gasteiger partial charge on any atom is -0.383 e. The largest absolute Gasteiger partial charge is 0.383 e. The molecule has 2 N–H and O–H groups in total. The van der Waals surface area contributed by atoms with Gasteiger partial charge in [0.05, 0.1) is 25.4 Å². The maximum atomic E-state index is 14.1. The molecule has 1 fully saturated rings. The molecule has 1 saturated heterocycles. The number of piperazine rings is 1. The number of hydrogen-bond donors (Lipinski definition) is 2. The van der Waals surface area contributed by atoms with Crippen molar-refractivity contribution in [3.8, 4) is 0 Å². The summed E-state index contributed by atoms with van der Waals surface area (Å²) in [5.74, 6) is -1.29. The number of carbonyl (C=O) groups is 2. The van der Waals surface area contributed by atoms with Crippen LogP contribution in [0.2, 0.25) is 0 Å². The summed E-state index contributed by atoms with van der Waals surface area (Å²) in [6, 6.07) is 4.71. The van der Waals surface area contributed by atoms with Crippen molar-refractivity contribution in [1.29, 1.82) is 0 Å². The highest BCUT2D eigenvalue weighted by molar-refractivity contribution is 6.02. The third-order valence-electron chi connectivity index (χ3n) is 3.13. The van der Waals surface area contributed by atoms with E-state index < -0.39 is 17.6 Å². The molecule has 2 rings (SSSR count). The quantitative estimate of drug-likeness (QED) is 0.572. The van der Waals surface area contributed by atoms with Gasteiger partial charge in [-0.15, -0.1) is 0 Å². The number of imide groups is 1. The van der Waals surface area contributed by atoms with Crippen LogP contribution >= 0.6 is 0 Å². The van der Waals surface area contributed by atoms with Crippen LogP contribution in [-0.4, -0.2) is 45.2 Å². The smallest absolute Gasteiger partial charge is 0.246 e. The van der Waals surface area contributed by atoms with Crippen LogP contribution in [0.3, 0.4) is 0 Å². The lowest BCUT2D eigenvalue weighted by molar-refractivity contribution is -0.130. The first-order valence-electron chi connectivity index (χ1n) is 6.66. The molecule has 1 aliphatic rings. The van der Waals surface area contributed by atoms with Crippen LogP contribution in [0.5, 0.6) is 0 Å². The predicted octanol–water partition coefficient (Wildman–Crippen LogP) is 0.0245. The Labute approximate surface area is 122 Å². The second-order valence-electron chi connectivity index (χ2n) is 4.74. The molecule has 1 heterocycles. The Bertz CT molecular complexity index is 520. The summed E-state index contributed by atoms with van der Waals surface area (Å²) < 4.78 is 19.1. The van der Waals surface area contributed by atoms with E-state index in [9.17, 15) is 14.0 Å². The molecule has 7 heteroatoms. The minimum absolute atomic E-state index is 0.0300. The van der Waals surface area contributed by atoms with Gasteiger partial charge < -0.3 is 15.0 Å². The second-order valence-corrected chi connectivity index (χ2v) is 4.74. The topological polar surface area (TPSA) is 70.7 Å². The molecule has 0 spiro atoms. The average Bonchev–Trinajstić information content (AvgIpc) is 2.42. The SMILES string of the molecule is COCCNCc1cccc(F)c1N1CC(=O)NC(=O)C1. The maximum Gasteiger partial charge on any atom is 0.246 e. The number of ether oxygens (including phenoxy) is 1. The molecule has 21 heavy (non-hydrogen) atoms. The van der Waals surface area contributed by atoms with Crippen molar-refractivity contribution in [2.45, 2.75) is 6.54 Å². The number of methoxy groups -OCH3 is 1. The van der Waals surface area contributed by atoms with Gasteiger partial charge in [-0.05, 0) is 11.6 Å². The number of carbonyl (C=O) groups excluding carboxylic acids is 2. The van der Waals surface area contributed by atoms with Crippen LogP contribution in [0.4, 0.5) is 10.1 Å². The van der Waals surface area contributed by atoms with Gasteiger partial charge >= 0.3 is 0 Å². The third kappa shape index (κ3) is 3.99. The monoisotopic (exact) mass is 295 g/mol. The normalized spacial score (nSPS) is 15.2. The number of halogens is 1. The molecule has 0 saturated carbocycles. The summed E-state index contributed by atoms with van der Waals surface area (Å²) in [6.07, 6.45) is 0. The molecule has 0 aliphatic carbocycles. The summed E-state index contributed by atoms with van der Waals surface area (Å²) >= 11 is 0. The van der Waals surface area contributed by atoms with Crippen molar-refractivity contribution >= 4 is 17.5 Å². The van der Waals surface area contributed by atoms with Crippen LogP contribution in [0.15, 0.2) is 18.2 Å². The Morgan fingerprint density at radius 3 is 2.71 bits per heavy atom. The molecule has 2 amide bonds. The third-order valence-corrected chi connectivity index (χ3v) is 3.13. The lowest BCUT2D eigenvalue weighted by Gasteiger charge is -2.29. The fourth-order valence-corrected chi connectivity index (χ4v) is 2.25. The van der Waals surface area contributed by atoms with Crippen LogP contribution in [-0.2, 0) is 20.9 Å². The highest BCUT2D eigenvalue weighted by Crippen LogP contribution is 2.25. The molecule has 0 radical (unpaired) electrons. The number of rotatable bonds is 6. The molecule has 1 aromatic rings. The van der Waals surface area contributed by atoms with Gasteiger partial charge in [0.2, 0.25) is 11.8 Å². The van der Waals surface area contributed by atoms with E-state index in [-0.39, 0.29) is 13.1 Å². The van der Waals surface area contributed by atoms with Crippen molar-refractivity contribution in [1.82, 2.24) is 10.6 Å². The summed E-state index contributed by atoms with van der Waals surface area (Å²) in [5.41, 5.74) is 0.999. The summed E-state index contributed by atoms with van der Waals surface area (Å²) in [7, 11) is 1.60. The maximum absolute atomic E-state index is 14.1. The van der Waals surface area contributed by atoms with Gasteiger partial charge in [0, 0.05) is 20.2 Å². The van der Waals surface area contributed by atoms with E-state index in [0.717, 1.165) is 0 Å². The Balaban J connectivity index is 2.16. The van der Waals surface area contributed by atoms with E-state index in [1.165, 1.54) is 11.0 Å². The number of hydrogen-bond acceptors (Lipinski definition) is 5. The molecule has 6 nitrogen and oxygen atoms in total. The molecule has 114 valence electrons. The van der Waals surface area contributed by atoms with Crippen LogP contribution < -0.4 is 15.5 Å². The van der Waals surface area contributed by atoms with Crippen molar-refractivity contribution in [3.05, 3.63) is 29.6 Å². The molecule has 0 atom stereocenters. The molecule has 0 bridgehead atoms. The summed E-state index contributed by atoms with van der Waals surface area (Å²) in [5, 5.41) is 5.33. The zero-order valence-corrected chi connectivity index (χ0v) is 11.8. The number of anilines is 1. The van der Waals surface area contributed by atoms with Gasteiger partial charge in [0.25, 0.3) is 0 Å².